The first kappa shape index (κ1) is 12.8. The van der Waals surface area contributed by atoms with Crippen molar-refractivity contribution in [1.82, 2.24) is 10.6 Å². The molecule has 2 aliphatic rings. The second kappa shape index (κ2) is 6.97. The van der Waals surface area contributed by atoms with Gasteiger partial charge in [-0.3, -0.25) is 4.79 Å². The summed E-state index contributed by atoms with van der Waals surface area (Å²) >= 11 is 0. The Morgan fingerprint density at radius 3 is 2.59 bits per heavy atom. The van der Waals surface area contributed by atoms with Crippen molar-refractivity contribution in [3.8, 4) is 0 Å². The smallest absolute Gasteiger partial charge is 0.234 e. The molecule has 0 bridgehead atoms. The first-order chi connectivity index (χ1) is 8.34. The summed E-state index contributed by atoms with van der Waals surface area (Å²) in [6, 6.07) is 0.426. The molecular weight excluding hydrogens is 216 g/mol. The van der Waals surface area contributed by atoms with Crippen molar-refractivity contribution in [3.63, 3.8) is 0 Å². The maximum absolute atomic E-state index is 11.6. The highest BCUT2D eigenvalue weighted by atomic mass is 16.5. The van der Waals surface area contributed by atoms with Crippen LogP contribution in [0.25, 0.3) is 0 Å². The maximum Gasteiger partial charge on any atom is 0.234 e. The van der Waals surface area contributed by atoms with Crippen LogP contribution in [-0.4, -0.2) is 37.7 Å². The molecule has 0 spiro atoms. The van der Waals surface area contributed by atoms with E-state index < -0.39 is 0 Å². The standard InChI is InChI=1S/C13H24N2O2/c16-13(15-11-5-1-2-6-11)10-14-9-12-7-3-4-8-17-12/h11-12,14H,1-10H2,(H,15,16). The topological polar surface area (TPSA) is 50.4 Å². The summed E-state index contributed by atoms with van der Waals surface area (Å²) < 4.78 is 5.60. The van der Waals surface area contributed by atoms with Gasteiger partial charge < -0.3 is 15.4 Å². The molecule has 1 saturated heterocycles. The normalized spacial score (nSPS) is 26.0. The van der Waals surface area contributed by atoms with Gasteiger partial charge >= 0.3 is 0 Å². The van der Waals surface area contributed by atoms with Crippen LogP contribution in [0, 0.1) is 0 Å². The molecule has 1 aliphatic carbocycles. The fraction of sp³-hybridized carbons (Fsp3) is 0.923. The third-order valence-electron chi connectivity index (χ3n) is 3.65. The van der Waals surface area contributed by atoms with Crippen LogP contribution in [-0.2, 0) is 9.53 Å². The molecule has 98 valence electrons. The van der Waals surface area contributed by atoms with Gasteiger partial charge in [0.15, 0.2) is 0 Å². The number of hydrogen-bond donors (Lipinski definition) is 2. The van der Waals surface area contributed by atoms with Gasteiger partial charge in [0.05, 0.1) is 12.6 Å². The Balaban J connectivity index is 1.53. The van der Waals surface area contributed by atoms with Gasteiger partial charge in [-0.15, -0.1) is 0 Å². The van der Waals surface area contributed by atoms with E-state index in [9.17, 15) is 4.79 Å². The van der Waals surface area contributed by atoms with Crippen LogP contribution in [0.5, 0.6) is 0 Å². The minimum Gasteiger partial charge on any atom is -0.377 e. The summed E-state index contributed by atoms with van der Waals surface area (Å²) in [5.74, 6) is 0.132. The monoisotopic (exact) mass is 240 g/mol. The molecule has 17 heavy (non-hydrogen) atoms. The molecule has 1 aliphatic heterocycles. The molecule has 0 aromatic carbocycles. The highest BCUT2D eigenvalue weighted by molar-refractivity contribution is 5.78. The number of carbonyl (C=O) groups is 1. The van der Waals surface area contributed by atoms with E-state index in [0.717, 1.165) is 32.4 Å². The Bertz CT molecular complexity index is 234. The number of carbonyl (C=O) groups excluding carboxylic acids is 1. The van der Waals surface area contributed by atoms with Crippen LogP contribution in [0.2, 0.25) is 0 Å². The third-order valence-corrected chi connectivity index (χ3v) is 3.65. The summed E-state index contributed by atoms with van der Waals surface area (Å²) in [4.78, 5) is 11.6. The van der Waals surface area contributed by atoms with Crippen LogP contribution < -0.4 is 10.6 Å². The Labute approximate surface area is 103 Å². The minimum absolute atomic E-state index is 0.132. The molecule has 1 heterocycles. The first-order valence-corrected chi connectivity index (χ1v) is 6.96. The predicted octanol–water partition coefficient (Wildman–Crippen LogP) is 1.20. The lowest BCUT2D eigenvalue weighted by Crippen LogP contribution is -2.41. The van der Waals surface area contributed by atoms with E-state index in [0.29, 0.717) is 18.7 Å². The number of ether oxygens (including phenoxy) is 1. The van der Waals surface area contributed by atoms with Gasteiger partial charge in [0.1, 0.15) is 0 Å². The van der Waals surface area contributed by atoms with Crippen molar-refractivity contribution in [2.45, 2.75) is 57.1 Å². The minimum atomic E-state index is 0.132. The van der Waals surface area contributed by atoms with E-state index >= 15 is 0 Å². The lowest BCUT2D eigenvalue weighted by atomic mass is 10.1. The number of rotatable bonds is 5. The predicted molar refractivity (Wildman–Crippen MR) is 66.9 cm³/mol. The van der Waals surface area contributed by atoms with Crippen molar-refractivity contribution < 1.29 is 9.53 Å². The van der Waals surface area contributed by atoms with E-state index in [2.05, 4.69) is 10.6 Å². The molecule has 2 N–H and O–H groups in total. The molecular formula is C13H24N2O2. The Hall–Kier alpha value is -0.610. The highest BCUT2D eigenvalue weighted by Crippen LogP contribution is 2.17. The summed E-state index contributed by atoms with van der Waals surface area (Å²) in [5, 5.41) is 6.27. The van der Waals surface area contributed by atoms with E-state index in [4.69, 9.17) is 4.74 Å². The maximum atomic E-state index is 11.6. The molecule has 2 rings (SSSR count). The number of amides is 1. The third kappa shape index (κ3) is 4.64. The molecule has 1 unspecified atom stereocenters. The Morgan fingerprint density at radius 2 is 1.88 bits per heavy atom. The molecule has 0 aromatic rings. The van der Waals surface area contributed by atoms with Crippen LogP contribution >= 0.6 is 0 Å². The fourth-order valence-corrected chi connectivity index (χ4v) is 2.66. The van der Waals surface area contributed by atoms with Gasteiger partial charge in [-0.05, 0) is 32.1 Å². The molecule has 1 amide bonds. The molecule has 0 aromatic heterocycles. The molecule has 4 nitrogen and oxygen atoms in total. The zero-order chi connectivity index (χ0) is 11.9. The molecule has 4 heteroatoms. The second-order valence-corrected chi connectivity index (χ2v) is 5.17. The molecule has 1 saturated carbocycles. The van der Waals surface area contributed by atoms with Crippen LogP contribution in [0.15, 0.2) is 0 Å². The van der Waals surface area contributed by atoms with Gasteiger partial charge in [-0.25, -0.2) is 0 Å². The average molecular weight is 240 g/mol. The van der Waals surface area contributed by atoms with Crippen LogP contribution in [0.4, 0.5) is 0 Å². The molecule has 2 fully saturated rings. The lowest BCUT2D eigenvalue weighted by molar-refractivity contribution is -0.121. The highest BCUT2D eigenvalue weighted by Gasteiger charge is 2.17. The zero-order valence-corrected chi connectivity index (χ0v) is 10.5. The van der Waals surface area contributed by atoms with Crippen molar-refractivity contribution >= 4 is 5.91 Å². The average Bonchev–Trinajstić information content (AvgIpc) is 2.83. The van der Waals surface area contributed by atoms with Crippen LogP contribution in [0.3, 0.4) is 0 Å². The summed E-state index contributed by atoms with van der Waals surface area (Å²) in [5.41, 5.74) is 0. The van der Waals surface area contributed by atoms with Gasteiger partial charge in [0.25, 0.3) is 0 Å². The van der Waals surface area contributed by atoms with Gasteiger partial charge in [-0.2, -0.15) is 0 Å². The van der Waals surface area contributed by atoms with E-state index in [1.165, 1.54) is 25.7 Å². The van der Waals surface area contributed by atoms with Crippen molar-refractivity contribution in [3.05, 3.63) is 0 Å². The summed E-state index contributed by atoms with van der Waals surface area (Å²) in [7, 11) is 0. The van der Waals surface area contributed by atoms with Gasteiger partial charge in [0.2, 0.25) is 5.91 Å². The molecule has 0 radical (unpaired) electrons. The first-order valence-electron chi connectivity index (χ1n) is 6.96. The zero-order valence-electron chi connectivity index (χ0n) is 10.5. The van der Waals surface area contributed by atoms with Crippen molar-refractivity contribution in [2.24, 2.45) is 0 Å². The second-order valence-electron chi connectivity index (χ2n) is 5.17. The van der Waals surface area contributed by atoms with E-state index in [-0.39, 0.29) is 5.91 Å². The molecule has 1 atom stereocenters. The van der Waals surface area contributed by atoms with Gasteiger partial charge in [-0.1, -0.05) is 12.8 Å². The quantitative estimate of drug-likeness (QED) is 0.759. The van der Waals surface area contributed by atoms with E-state index in [1.807, 2.05) is 0 Å². The Morgan fingerprint density at radius 1 is 1.12 bits per heavy atom. The Kier molecular flexibility index (Phi) is 5.26. The van der Waals surface area contributed by atoms with Gasteiger partial charge in [0, 0.05) is 19.2 Å². The summed E-state index contributed by atoms with van der Waals surface area (Å²) in [6.45, 7) is 2.11. The SMILES string of the molecule is O=C(CNCC1CCCCO1)NC1CCCC1. The number of nitrogens with one attached hydrogen (secondary N) is 2. The van der Waals surface area contributed by atoms with Crippen molar-refractivity contribution in [2.75, 3.05) is 19.7 Å². The number of hydrogen-bond acceptors (Lipinski definition) is 3. The largest absolute Gasteiger partial charge is 0.377 e. The van der Waals surface area contributed by atoms with Crippen LogP contribution in [0.1, 0.15) is 44.9 Å². The van der Waals surface area contributed by atoms with E-state index in [1.54, 1.807) is 0 Å². The fourth-order valence-electron chi connectivity index (χ4n) is 2.66. The van der Waals surface area contributed by atoms with Crippen molar-refractivity contribution in [1.29, 1.82) is 0 Å². The summed E-state index contributed by atoms with van der Waals surface area (Å²) in [6.07, 6.45) is 8.68. The lowest BCUT2D eigenvalue weighted by Gasteiger charge is -2.22.